The minimum absolute atomic E-state index is 0.156. The molecule has 1 N–H and O–H groups in total. The minimum atomic E-state index is -0.303. The smallest absolute Gasteiger partial charge is 0.243 e. The molecule has 0 aliphatic heterocycles. The molecule has 0 fully saturated rings. The second kappa shape index (κ2) is 6.95. The van der Waals surface area contributed by atoms with E-state index in [0.717, 1.165) is 13.0 Å². The van der Waals surface area contributed by atoms with Crippen LogP contribution in [0.4, 0.5) is 10.3 Å². The highest BCUT2D eigenvalue weighted by molar-refractivity contribution is 5.58. The van der Waals surface area contributed by atoms with Crippen LogP contribution in [0.25, 0.3) is 11.3 Å². The van der Waals surface area contributed by atoms with E-state index in [2.05, 4.69) is 25.6 Å². The lowest BCUT2D eigenvalue weighted by Crippen LogP contribution is -2.20. The maximum absolute atomic E-state index is 13.3. The zero-order valence-corrected chi connectivity index (χ0v) is 12.7. The predicted octanol–water partition coefficient (Wildman–Crippen LogP) is 2.76. The summed E-state index contributed by atoms with van der Waals surface area (Å²) in [4.78, 5) is 4.40. The molecule has 3 rings (SSSR count). The van der Waals surface area contributed by atoms with E-state index in [1.54, 1.807) is 18.3 Å². The SMILES string of the molecule is CC(CCn1cccn1)Nc1nncc(-c2cccc(F)c2)n1. The Bertz CT molecular complexity index is 759. The molecule has 23 heavy (non-hydrogen) atoms. The van der Waals surface area contributed by atoms with Crippen molar-refractivity contribution in [2.75, 3.05) is 5.32 Å². The van der Waals surface area contributed by atoms with Gasteiger partial charge in [0.25, 0.3) is 0 Å². The lowest BCUT2D eigenvalue weighted by molar-refractivity contribution is 0.543. The van der Waals surface area contributed by atoms with Crippen LogP contribution in [-0.4, -0.2) is 31.0 Å². The lowest BCUT2D eigenvalue weighted by atomic mass is 10.1. The zero-order chi connectivity index (χ0) is 16.1. The number of nitrogens with zero attached hydrogens (tertiary/aromatic N) is 5. The Kier molecular flexibility index (Phi) is 4.56. The Balaban J connectivity index is 1.65. The molecule has 0 saturated heterocycles. The Morgan fingerprint density at radius 2 is 2.22 bits per heavy atom. The van der Waals surface area contributed by atoms with E-state index in [0.29, 0.717) is 17.2 Å². The fraction of sp³-hybridized carbons (Fsp3) is 0.250. The monoisotopic (exact) mass is 312 g/mol. The van der Waals surface area contributed by atoms with Gasteiger partial charge >= 0.3 is 0 Å². The van der Waals surface area contributed by atoms with Crippen LogP contribution in [-0.2, 0) is 6.54 Å². The summed E-state index contributed by atoms with van der Waals surface area (Å²) < 4.78 is 15.2. The van der Waals surface area contributed by atoms with Gasteiger partial charge in [-0.15, -0.1) is 5.10 Å². The third-order valence-corrected chi connectivity index (χ3v) is 3.41. The molecule has 6 nitrogen and oxygen atoms in total. The van der Waals surface area contributed by atoms with Crippen molar-refractivity contribution < 1.29 is 4.39 Å². The van der Waals surface area contributed by atoms with Crippen molar-refractivity contribution in [3.63, 3.8) is 0 Å². The van der Waals surface area contributed by atoms with Crippen molar-refractivity contribution in [2.45, 2.75) is 25.9 Å². The fourth-order valence-electron chi connectivity index (χ4n) is 2.20. The molecule has 0 amide bonds. The number of hydrogen-bond donors (Lipinski definition) is 1. The summed E-state index contributed by atoms with van der Waals surface area (Å²) in [5.41, 5.74) is 1.26. The fourth-order valence-corrected chi connectivity index (χ4v) is 2.20. The van der Waals surface area contributed by atoms with Gasteiger partial charge in [-0.2, -0.15) is 10.2 Å². The molecule has 118 valence electrons. The van der Waals surface area contributed by atoms with Crippen molar-refractivity contribution in [1.29, 1.82) is 0 Å². The molecule has 1 unspecified atom stereocenters. The highest BCUT2D eigenvalue weighted by atomic mass is 19.1. The molecule has 1 atom stereocenters. The van der Waals surface area contributed by atoms with Gasteiger partial charge in [-0.05, 0) is 31.5 Å². The van der Waals surface area contributed by atoms with Crippen molar-refractivity contribution in [1.82, 2.24) is 25.0 Å². The number of halogens is 1. The van der Waals surface area contributed by atoms with Gasteiger partial charge in [-0.25, -0.2) is 9.37 Å². The molecule has 7 heteroatoms. The summed E-state index contributed by atoms with van der Waals surface area (Å²) in [6, 6.07) is 8.31. The van der Waals surface area contributed by atoms with Crippen molar-refractivity contribution in [2.24, 2.45) is 0 Å². The second-order valence-electron chi connectivity index (χ2n) is 5.28. The Hall–Kier alpha value is -2.83. The molecule has 0 radical (unpaired) electrons. The average Bonchev–Trinajstić information content (AvgIpc) is 3.07. The van der Waals surface area contributed by atoms with Crippen molar-refractivity contribution >= 4 is 5.95 Å². The molecule has 0 aliphatic carbocycles. The van der Waals surface area contributed by atoms with Crippen LogP contribution < -0.4 is 5.32 Å². The molecule has 0 bridgehead atoms. The minimum Gasteiger partial charge on any atom is -0.350 e. The van der Waals surface area contributed by atoms with E-state index in [9.17, 15) is 4.39 Å². The molecule has 0 spiro atoms. The summed E-state index contributed by atoms with van der Waals surface area (Å²) in [5.74, 6) is 0.128. The van der Waals surface area contributed by atoms with Gasteiger partial charge in [-0.3, -0.25) is 4.68 Å². The van der Waals surface area contributed by atoms with Gasteiger partial charge in [0, 0.05) is 30.5 Å². The first-order valence-electron chi connectivity index (χ1n) is 7.40. The first kappa shape index (κ1) is 15.1. The lowest BCUT2D eigenvalue weighted by Gasteiger charge is -2.13. The molecular formula is C16H17FN6. The van der Waals surface area contributed by atoms with E-state index in [-0.39, 0.29) is 11.9 Å². The maximum Gasteiger partial charge on any atom is 0.243 e. The Labute approximate surface area is 133 Å². The van der Waals surface area contributed by atoms with E-state index >= 15 is 0 Å². The van der Waals surface area contributed by atoms with Crippen LogP contribution in [0.3, 0.4) is 0 Å². The zero-order valence-electron chi connectivity index (χ0n) is 12.7. The predicted molar refractivity (Wildman–Crippen MR) is 85.1 cm³/mol. The van der Waals surface area contributed by atoms with Crippen LogP contribution in [0.1, 0.15) is 13.3 Å². The number of hydrogen-bond acceptors (Lipinski definition) is 5. The molecule has 0 aliphatic rings. The Morgan fingerprint density at radius 1 is 1.30 bits per heavy atom. The standard InChI is InChI=1S/C16H17FN6/c1-12(6-9-23-8-3-7-19-23)20-16-21-15(11-18-22-16)13-4-2-5-14(17)10-13/h2-5,7-8,10-12H,6,9H2,1H3,(H,20,21,22). The molecule has 2 heterocycles. The van der Waals surface area contributed by atoms with Gasteiger partial charge in [0.2, 0.25) is 5.95 Å². The Morgan fingerprint density at radius 3 is 3.00 bits per heavy atom. The quantitative estimate of drug-likeness (QED) is 0.758. The summed E-state index contributed by atoms with van der Waals surface area (Å²) >= 11 is 0. The van der Waals surface area contributed by atoms with Crippen LogP contribution in [0, 0.1) is 5.82 Å². The maximum atomic E-state index is 13.3. The number of rotatable bonds is 6. The average molecular weight is 312 g/mol. The summed E-state index contributed by atoms with van der Waals surface area (Å²) in [6.07, 6.45) is 6.08. The number of benzene rings is 1. The topological polar surface area (TPSA) is 68.5 Å². The first-order chi connectivity index (χ1) is 11.2. The number of aryl methyl sites for hydroxylation is 1. The second-order valence-corrected chi connectivity index (χ2v) is 5.28. The largest absolute Gasteiger partial charge is 0.350 e. The third kappa shape index (κ3) is 4.09. The van der Waals surface area contributed by atoms with E-state index in [1.807, 2.05) is 23.9 Å². The van der Waals surface area contributed by atoms with Gasteiger partial charge in [-0.1, -0.05) is 12.1 Å². The van der Waals surface area contributed by atoms with Crippen LogP contribution >= 0.6 is 0 Å². The van der Waals surface area contributed by atoms with Crippen molar-refractivity contribution in [3.05, 3.63) is 54.7 Å². The van der Waals surface area contributed by atoms with Crippen LogP contribution in [0.5, 0.6) is 0 Å². The van der Waals surface area contributed by atoms with E-state index in [1.165, 1.54) is 18.3 Å². The van der Waals surface area contributed by atoms with E-state index in [4.69, 9.17) is 0 Å². The third-order valence-electron chi connectivity index (χ3n) is 3.41. The van der Waals surface area contributed by atoms with Crippen LogP contribution in [0.15, 0.2) is 48.9 Å². The number of nitrogens with one attached hydrogen (secondary N) is 1. The summed E-state index contributed by atoms with van der Waals surface area (Å²) in [7, 11) is 0. The number of aromatic nitrogens is 5. The first-order valence-corrected chi connectivity index (χ1v) is 7.40. The van der Waals surface area contributed by atoms with Crippen LogP contribution in [0.2, 0.25) is 0 Å². The molecular weight excluding hydrogens is 295 g/mol. The highest BCUT2D eigenvalue weighted by Gasteiger charge is 2.08. The van der Waals surface area contributed by atoms with Gasteiger partial charge in [0.15, 0.2) is 0 Å². The summed E-state index contributed by atoms with van der Waals surface area (Å²) in [5, 5.41) is 15.3. The van der Waals surface area contributed by atoms with Gasteiger partial charge < -0.3 is 5.32 Å². The van der Waals surface area contributed by atoms with Crippen molar-refractivity contribution in [3.8, 4) is 11.3 Å². The number of anilines is 1. The van der Waals surface area contributed by atoms with E-state index < -0.39 is 0 Å². The molecule has 1 aromatic carbocycles. The van der Waals surface area contributed by atoms with Gasteiger partial charge in [0.1, 0.15) is 5.82 Å². The molecule has 3 aromatic rings. The molecule has 2 aromatic heterocycles. The summed E-state index contributed by atoms with van der Waals surface area (Å²) in [6.45, 7) is 2.85. The normalized spacial score (nSPS) is 12.1. The highest BCUT2D eigenvalue weighted by Crippen LogP contribution is 2.17. The molecule has 0 saturated carbocycles. The van der Waals surface area contributed by atoms with Gasteiger partial charge in [0.05, 0.1) is 11.9 Å².